The van der Waals surface area contributed by atoms with E-state index in [-0.39, 0.29) is 11.6 Å². The van der Waals surface area contributed by atoms with Gasteiger partial charge >= 0.3 is 0 Å². The van der Waals surface area contributed by atoms with E-state index in [2.05, 4.69) is 15.3 Å². The number of ether oxygens (including phenoxy) is 2. The van der Waals surface area contributed by atoms with Gasteiger partial charge < -0.3 is 14.8 Å². The van der Waals surface area contributed by atoms with Crippen LogP contribution >= 0.6 is 0 Å². The predicted molar refractivity (Wildman–Crippen MR) is 107 cm³/mol. The van der Waals surface area contributed by atoms with Crippen LogP contribution < -0.4 is 14.8 Å². The highest BCUT2D eigenvalue weighted by Crippen LogP contribution is 2.31. The number of carbonyl (C=O) groups excluding carboxylic acids is 1. The quantitative estimate of drug-likeness (QED) is 0.551. The van der Waals surface area contributed by atoms with Crippen LogP contribution in [0.3, 0.4) is 0 Å². The van der Waals surface area contributed by atoms with Gasteiger partial charge in [-0.15, -0.1) is 0 Å². The predicted octanol–water partition coefficient (Wildman–Crippen LogP) is 4.68. The fraction of sp³-hybridized carbons (Fsp3) is 0.0455. The molecule has 1 N–H and O–H groups in total. The third-order valence-corrected chi connectivity index (χ3v) is 4.09. The number of hydrogen-bond acceptors (Lipinski definition) is 5. The summed E-state index contributed by atoms with van der Waals surface area (Å²) in [6.07, 6.45) is 1.47. The first-order valence-corrected chi connectivity index (χ1v) is 8.67. The molecular formula is C22H17N3O3. The maximum atomic E-state index is 12.5. The monoisotopic (exact) mass is 371 g/mol. The molecule has 6 nitrogen and oxygen atoms in total. The molecular weight excluding hydrogens is 354 g/mol. The molecule has 6 heteroatoms. The fourth-order valence-corrected chi connectivity index (χ4v) is 2.70. The average Bonchev–Trinajstić information content (AvgIpc) is 2.75. The number of methoxy groups -OCH3 is 1. The lowest BCUT2D eigenvalue weighted by Crippen LogP contribution is -2.14. The Bertz CT molecular complexity index is 1130. The minimum Gasteiger partial charge on any atom is -0.493 e. The molecule has 4 rings (SSSR count). The highest BCUT2D eigenvalue weighted by Gasteiger charge is 2.10. The number of hydrogen-bond donors (Lipinski definition) is 1. The van der Waals surface area contributed by atoms with E-state index in [1.165, 1.54) is 6.20 Å². The van der Waals surface area contributed by atoms with Gasteiger partial charge in [0.2, 0.25) is 0 Å². The van der Waals surface area contributed by atoms with Crippen molar-refractivity contribution in [2.45, 2.75) is 0 Å². The van der Waals surface area contributed by atoms with Crippen molar-refractivity contribution in [2.75, 3.05) is 12.4 Å². The summed E-state index contributed by atoms with van der Waals surface area (Å²) in [5, 5.41) is 2.81. The van der Waals surface area contributed by atoms with E-state index in [1.54, 1.807) is 31.4 Å². The van der Waals surface area contributed by atoms with Gasteiger partial charge in [0.05, 0.1) is 24.3 Å². The maximum Gasteiger partial charge on any atom is 0.275 e. The van der Waals surface area contributed by atoms with E-state index in [1.807, 2.05) is 48.5 Å². The second-order valence-electron chi connectivity index (χ2n) is 5.98. The van der Waals surface area contributed by atoms with Crippen LogP contribution in [-0.2, 0) is 0 Å². The molecule has 1 heterocycles. The number of fused-ring (bicyclic) bond motifs is 1. The molecule has 4 aromatic rings. The zero-order valence-electron chi connectivity index (χ0n) is 15.1. The molecule has 0 aliphatic rings. The highest BCUT2D eigenvalue weighted by molar-refractivity contribution is 6.03. The van der Waals surface area contributed by atoms with Crippen molar-refractivity contribution >= 4 is 22.6 Å². The lowest BCUT2D eigenvalue weighted by Gasteiger charge is -2.10. The molecule has 0 aliphatic carbocycles. The van der Waals surface area contributed by atoms with Gasteiger partial charge in [0.15, 0.2) is 11.5 Å². The minimum atomic E-state index is -0.323. The Morgan fingerprint density at radius 2 is 1.54 bits per heavy atom. The van der Waals surface area contributed by atoms with Crippen LogP contribution in [-0.4, -0.2) is 23.0 Å². The van der Waals surface area contributed by atoms with E-state index in [0.717, 1.165) is 5.52 Å². The number of aromatic nitrogens is 2. The first-order valence-electron chi connectivity index (χ1n) is 8.67. The van der Waals surface area contributed by atoms with E-state index in [9.17, 15) is 4.79 Å². The van der Waals surface area contributed by atoms with Crippen LogP contribution in [0.15, 0.2) is 79.0 Å². The number of benzene rings is 3. The van der Waals surface area contributed by atoms with Gasteiger partial charge in [-0.05, 0) is 48.5 Å². The molecule has 0 saturated heterocycles. The van der Waals surface area contributed by atoms with Crippen molar-refractivity contribution in [3.63, 3.8) is 0 Å². The Balaban J connectivity index is 1.47. The van der Waals surface area contributed by atoms with E-state index >= 15 is 0 Å². The molecule has 3 aromatic carbocycles. The van der Waals surface area contributed by atoms with Gasteiger partial charge in [0, 0.05) is 5.69 Å². The van der Waals surface area contributed by atoms with E-state index in [0.29, 0.717) is 28.5 Å². The largest absolute Gasteiger partial charge is 0.493 e. The number of rotatable bonds is 5. The lowest BCUT2D eigenvalue weighted by atomic mass is 10.2. The summed E-state index contributed by atoms with van der Waals surface area (Å²) < 4.78 is 11.1. The number of carbonyl (C=O) groups is 1. The average molecular weight is 371 g/mol. The number of para-hydroxylation sites is 4. The number of amides is 1. The smallest absolute Gasteiger partial charge is 0.275 e. The summed E-state index contributed by atoms with van der Waals surface area (Å²) in [5.41, 5.74) is 2.31. The van der Waals surface area contributed by atoms with Crippen molar-refractivity contribution in [3.8, 4) is 17.2 Å². The van der Waals surface area contributed by atoms with Gasteiger partial charge in [-0.3, -0.25) is 9.78 Å². The summed E-state index contributed by atoms with van der Waals surface area (Å²) in [6, 6.07) is 21.9. The molecule has 28 heavy (non-hydrogen) atoms. The molecule has 1 aromatic heterocycles. The highest BCUT2D eigenvalue weighted by atomic mass is 16.5. The second kappa shape index (κ2) is 7.75. The number of nitrogens with one attached hydrogen (secondary N) is 1. The van der Waals surface area contributed by atoms with Crippen molar-refractivity contribution < 1.29 is 14.3 Å². The van der Waals surface area contributed by atoms with Gasteiger partial charge in [-0.1, -0.05) is 24.3 Å². The van der Waals surface area contributed by atoms with Crippen LogP contribution in [0.5, 0.6) is 17.2 Å². The number of nitrogens with zero attached hydrogens (tertiary/aromatic N) is 2. The Labute approximate surface area is 161 Å². The second-order valence-corrected chi connectivity index (χ2v) is 5.98. The molecule has 0 radical (unpaired) electrons. The minimum absolute atomic E-state index is 0.257. The zero-order chi connectivity index (χ0) is 19.3. The topological polar surface area (TPSA) is 73.3 Å². The molecule has 0 spiro atoms. The molecule has 0 atom stereocenters. The molecule has 1 amide bonds. The summed E-state index contributed by atoms with van der Waals surface area (Å²) in [6.45, 7) is 0. The van der Waals surface area contributed by atoms with Crippen LogP contribution in [0.4, 0.5) is 5.69 Å². The van der Waals surface area contributed by atoms with Crippen molar-refractivity contribution in [2.24, 2.45) is 0 Å². The van der Waals surface area contributed by atoms with E-state index < -0.39 is 0 Å². The normalized spacial score (nSPS) is 10.5. The maximum absolute atomic E-state index is 12.5. The summed E-state index contributed by atoms with van der Waals surface area (Å²) >= 11 is 0. The molecule has 0 unspecified atom stereocenters. The standard InChI is InChI=1S/C22H17N3O3/c1-27-20-8-4-5-9-21(20)28-16-12-10-15(11-13-16)24-22(26)19-14-23-17-6-2-3-7-18(17)25-19/h2-14H,1H3,(H,24,26). The summed E-state index contributed by atoms with van der Waals surface area (Å²) in [7, 11) is 1.59. The SMILES string of the molecule is COc1ccccc1Oc1ccc(NC(=O)c2cnc3ccccc3n2)cc1. The summed E-state index contributed by atoms with van der Waals surface area (Å²) in [5.74, 6) is 1.58. The third-order valence-electron chi connectivity index (χ3n) is 4.09. The first-order chi connectivity index (χ1) is 13.7. The molecule has 0 aliphatic heterocycles. The van der Waals surface area contributed by atoms with Crippen molar-refractivity contribution in [3.05, 3.63) is 84.7 Å². The number of anilines is 1. The molecule has 0 fully saturated rings. The Morgan fingerprint density at radius 1 is 0.857 bits per heavy atom. The molecule has 138 valence electrons. The Kier molecular flexibility index (Phi) is 4.84. The first kappa shape index (κ1) is 17.5. The van der Waals surface area contributed by atoms with Crippen molar-refractivity contribution in [1.29, 1.82) is 0 Å². The van der Waals surface area contributed by atoms with Crippen LogP contribution in [0, 0.1) is 0 Å². The van der Waals surface area contributed by atoms with Gasteiger partial charge in [-0.25, -0.2) is 4.98 Å². The van der Waals surface area contributed by atoms with Crippen LogP contribution in [0.25, 0.3) is 11.0 Å². The summed E-state index contributed by atoms with van der Waals surface area (Å²) in [4.78, 5) is 21.1. The fourth-order valence-electron chi connectivity index (χ4n) is 2.70. The molecule has 0 saturated carbocycles. The lowest BCUT2D eigenvalue weighted by molar-refractivity contribution is 0.102. The van der Waals surface area contributed by atoms with Crippen LogP contribution in [0.1, 0.15) is 10.5 Å². The van der Waals surface area contributed by atoms with Crippen molar-refractivity contribution in [1.82, 2.24) is 9.97 Å². The Morgan fingerprint density at radius 3 is 2.29 bits per heavy atom. The van der Waals surface area contributed by atoms with Gasteiger partial charge in [0.25, 0.3) is 5.91 Å². The molecule has 0 bridgehead atoms. The van der Waals surface area contributed by atoms with E-state index in [4.69, 9.17) is 9.47 Å². The van der Waals surface area contributed by atoms with Gasteiger partial charge in [0.1, 0.15) is 11.4 Å². The zero-order valence-corrected chi connectivity index (χ0v) is 15.1. The third kappa shape index (κ3) is 3.76. The Hall–Kier alpha value is -3.93. The van der Waals surface area contributed by atoms with Crippen LogP contribution in [0.2, 0.25) is 0 Å². The van der Waals surface area contributed by atoms with Gasteiger partial charge in [-0.2, -0.15) is 0 Å².